The summed E-state index contributed by atoms with van der Waals surface area (Å²) < 4.78 is 5.53. The molecule has 0 amide bonds. The molecule has 2 nitrogen and oxygen atoms in total. The van der Waals surface area contributed by atoms with Crippen LogP contribution < -0.4 is 0 Å². The highest BCUT2D eigenvalue weighted by molar-refractivity contribution is 6.29. The summed E-state index contributed by atoms with van der Waals surface area (Å²) in [5.74, 6) is 0. The zero-order chi connectivity index (χ0) is 9.68. The molecule has 1 rings (SSSR count). The standard InChI is InChI=1S/C10H14ClNO/c1-3-8(2)13-7-9-4-5-10(11)12-6-9/h4-6,8H,3,7H2,1-2H3. The van der Waals surface area contributed by atoms with Crippen molar-refractivity contribution in [2.24, 2.45) is 0 Å². The van der Waals surface area contributed by atoms with Gasteiger partial charge in [0.15, 0.2) is 0 Å². The molecule has 0 radical (unpaired) electrons. The summed E-state index contributed by atoms with van der Waals surface area (Å²) in [4.78, 5) is 3.97. The SMILES string of the molecule is CCC(C)OCc1ccc(Cl)nc1. The third-order valence-corrected chi connectivity index (χ3v) is 2.12. The molecule has 13 heavy (non-hydrogen) atoms. The van der Waals surface area contributed by atoms with Gasteiger partial charge in [-0.3, -0.25) is 0 Å². The van der Waals surface area contributed by atoms with E-state index in [1.807, 2.05) is 6.07 Å². The van der Waals surface area contributed by atoms with E-state index in [1.165, 1.54) is 0 Å². The summed E-state index contributed by atoms with van der Waals surface area (Å²) >= 11 is 5.65. The van der Waals surface area contributed by atoms with E-state index in [1.54, 1.807) is 12.3 Å². The van der Waals surface area contributed by atoms with Crippen LogP contribution in [0, 0.1) is 0 Å². The molecule has 0 saturated carbocycles. The second-order valence-corrected chi connectivity index (χ2v) is 3.41. The minimum absolute atomic E-state index is 0.302. The van der Waals surface area contributed by atoms with Gasteiger partial charge in [-0.05, 0) is 25.0 Å². The lowest BCUT2D eigenvalue weighted by atomic mass is 10.3. The summed E-state index contributed by atoms with van der Waals surface area (Å²) in [7, 11) is 0. The highest BCUT2D eigenvalue weighted by atomic mass is 35.5. The molecule has 0 N–H and O–H groups in total. The summed E-state index contributed by atoms with van der Waals surface area (Å²) in [5, 5.41) is 0.521. The van der Waals surface area contributed by atoms with Gasteiger partial charge in [-0.2, -0.15) is 0 Å². The van der Waals surface area contributed by atoms with Crippen molar-refractivity contribution in [3.05, 3.63) is 29.0 Å². The first-order valence-electron chi connectivity index (χ1n) is 4.44. The van der Waals surface area contributed by atoms with Crippen LogP contribution in [0.3, 0.4) is 0 Å². The Morgan fingerprint density at radius 2 is 2.31 bits per heavy atom. The monoisotopic (exact) mass is 199 g/mol. The van der Waals surface area contributed by atoms with Gasteiger partial charge in [-0.1, -0.05) is 24.6 Å². The van der Waals surface area contributed by atoms with Gasteiger partial charge in [0.05, 0.1) is 12.7 Å². The van der Waals surface area contributed by atoms with Crippen LogP contribution in [-0.2, 0) is 11.3 Å². The van der Waals surface area contributed by atoms with E-state index in [9.17, 15) is 0 Å². The second kappa shape index (κ2) is 5.20. The molecule has 0 spiro atoms. The van der Waals surface area contributed by atoms with Crippen molar-refractivity contribution in [2.45, 2.75) is 33.0 Å². The third kappa shape index (κ3) is 3.75. The quantitative estimate of drug-likeness (QED) is 0.696. The van der Waals surface area contributed by atoms with Crippen LogP contribution in [0.4, 0.5) is 0 Å². The van der Waals surface area contributed by atoms with Gasteiger partial charge in [0.1, 0.15) is 5.15 Å². The minimum atomic E-state index is 0.302. The normalized spacial score (nSPS) is 12.8. The Bertz CT molecular complexity index is 248. The van der Waals surface area contributed by atoms with Crippen LogP contribution in [0.5, 0.6) is 0 Å². The molecule has 1 aromatic heterocycles. The van der Waals surface area contributed by atoms with Gasteiger partial charge in [0.2, 0.25) is 0 Å². The topological polar surface area (TPSA) is 22.1 Å². The van der Waals surface area contributed by atoms with Gasteiger partial charge in [-0.25, -0.2) is 4.98 Å². The fraction of sp³-hybridized carbons (Fsp3) is 0.500. The molecule has 72 valence electrons. The zero-order valence-electron chi connectivity index (χ0n) is 7.96. The molecule has 1 unspecified atom stereocenters. The molecular weight excluding hydrogens is 186 g/mol. The molecule has 0 aromatic carbocycles. The first kappa shape index (κ1) is 10.5. The van der Waals surface area contributed by atoms with E-state index in [4.69, 9.17) is 16.3 Å². The Morgan fingerprint density at radius 3 is 2.85 bits per heavy atom. The summed E-state index contributed by atoms with van der Waals surface area (Å²) in [6, 6.07) is 3.70. The maximum absolute atomic E-state index is 5.65. The van der Waals surface area contributed by atoms with Crippen molar-refractivity contribution in [3.8, 4) is 0 Å². The average molecular weight is 200 g/mol. The van der Waals surface area contributed by atoms with Crippen molar-refractivity contribution in [1.29, 1.82) is 0 Å². The number of rotatable bonds is 4. The Hall–Kier alpha value is -0.600. The zero-order valence-corrected chi connectivity index (χ0v) is 8.71. The molecule has 1 aromatic rings. The fourth-order valence-electron chi connectivity index (χ4n) is 0.848. The van der Waals surface area contributed by atoms with Gasteiger partial charge < -0.3 is 4.74 Å². The van der Waals surface area contributed by atoms with Crippen LogP contribution in [0.15, 0.2) is 18.3 Å². The van der Waals surface area contributed by atoms with Crippen molar-refractivity contribution >= 4 is 11.6 Å². The van der Waals surface area contributed by atoms with Gasteiger partial charge in [-0.15, -0.1) is 0 Å². The first-order valence-corrected chi connectivity index (χ1v) is 4.82. The lowest BCUT2D eigenvalue weighted by molar-refractivity contribution is 0.0507. The molecule has 0 aliphatic rings. The number of nitrogens with zero attached hydrogens (tertiary/aromatic N) is 1. The predicted molar refractivity (Wildman–Crippen MR) is 53.8 cm³/mol. The van der Waals surface area contributed by atoms with Crippen molar-refractivity contribution in [3.63, 3.8) is 0 Å². The maximum atomic E-state index is 5.65. The molecule has 0 aliphatic heterocycles. The van der Waals surface area contributed by atoms with E-state index >= 15 is 0 Å². The number of aromatic nitrogens is 1. The Kier molecular flexibility index (Phi) is 4.19. The summed E-state index contributed by atoms with van der Waals surface area (Å²) in [6.45, 7) is 4.77. The van der Waals surface area contributed by atoms with Crippen LogP contribution in [0.2, 0.25) is 5.15 Å². The number of hydrogen-bond acceptors (Lipinski definition) is 2. The van der Waals surface area contributed by atoms with Crippen molar-refractivity contribution in [2.75, 3.05) is 0 Å². The van der Waals surface area contributed by atoms with Gasteiger partial charge in [0, 0.05) is 6.20 Å². The van der Waals surface area contributed by atoms with E-state index in [0.29, 0.717) is 17.9 Å². The molecular formula is C10H14ClNO. The maximum Gasteiger partial charge on any atom is 0.129 e. The first-order chi connectivity index (χ1) is 6.22. The number of ether oxygens (including phenoxy) is 1. The molecule has 3 heteroatoms. The third-order valence-electron chi connectivity index (χ3n) is 1.90. The molecule has 0 saturated heterocycles. The lowest BCUT2D eigenvalue weighted by Gasteiger charge is -2.09. The Morgan fingerprint density at radius 1 is 1.54 bits per heavy atom. The number of pyridine rings is 1. The average Bonchev–Trinajstić information content (AvgIpc) is 2.16. The minimum Gasteiger partial charge on any atom is -0.374 e. The van der Waals surface area contributed by atoms with Crippen molar-refractivity contribution < 1.29 is 4.74 Å². The van der Waals surface area contributed by atoms with Crippen LogP contribution >= 0.6 is 11.6 Å². The van der Waals surface area contributed by atoms with E-state index in [0.717, 1.165) is 12.0 Å². The predicted octanol–water partition coefficient (Wildman–Crippen LogP) is 3.05. The van der Waals surface area contributed by atoms with Crippen LogP contribution in [0.1, 0.15) is 25.8 Å². The molecule has 1 atom stereocenters. The summed E-state index contributed by atoms with van der Waals surface area (Å²) in [5.41, 5.74) is 1.06. The van der Waals surface area contributed by atoms with E-state index in [2.05, 4.69) is 18.8 Å². The Labute approximate surface area is 83.9 Å². The molecule has 0 fully saturated rings. The smallest absolute Gasteiger partial charge is 0.129 e. The lowest BCUT2D eigenvalue weighted by Crippen LogP contribution is -2.06. The highest BCUT2D eigenvalue weighted by Gasteiger charge is 1.99. The van der Waals surface area contributed by atoms with Crippen LogP contribution in [0.25, 0.3) is 0 Å². The second-order valence-electron chi connectivity index (χ2n) is 3.02. The summed E-state index contributed by atoms with van der Waals surface area (Å²) in [6.07, 6.45) is 3.07. The van der Waals surface area contributed by atoms with E-state index in [-0.39, 0.29) is 0 Å². The van der Waals surface area contributed by atoms with Gasteiger partial charge in [0.25, 0.3) is 0 Å². The van der Waals surface area contributed by atoms with E-state index < -0.39 is 0 Å². The van der Waals surface area contributed by atoms with Crippen LogP contribution in [-0.4, -0.2) is 11.1 Å². The number of halogens is 1. The molecule has 1 heterocycles. The molecule has 0 aliphatic carbocycles. The highest BCUT2D eigenvalue weighted by Crippen LogP contribution is 2.08. The van der Waals surface area contributed by atoms with Gasteiger partial charge >= 0.3 is 0 Å². The van der Waals surface area contributed by atoms with Crippen molar-refractivity contribution in [1.82, 2.24) is 4.98 Å². The molecule has 0 bridgehead atoms. The Balaban J connectivity index is 2.41. The fourth-order valence-corrected chi connectivity index (χ4v) is 0.960. The number of hydrogen-bond donors (Lipinski definition) is 0. The largest absolute Gasteiger partial charge is 0.374 e.